The molecule has 0 saturated carbocycles. The third-order valence-corrected chi connectivity index (χ3v) is 7.39. The first kappa shape index (κ1) is 20.6. The van der Waals surface area contributed by atoms with E-state index in [1.54, 1.807) is 23.5 Å². The Bertz CT molecular complexity index is 1130. The molecule has 4 rings (SSSR count). The van der Waals surface area contributed by atoms with Gasteiger partial charge in [-0.1, -0.05) is 60.7 Å². The van der Waals surface area contributed by atoms with Gasteiger partial charge < -0.3 is 4.74 Å². The smallest absolute Gasteiger partial charge is 0.128 e. The third-order valence-electron chi connectivity index (χ3n) is 4.85. The average molecular weight is 528 g/mol. The minimum atomic E-state index is 0.565. The molecule has 0 saturated heterocycles. The number of rotatable bonds is 6. The van der Waals surface area contributed by atoms with Crippen molar-refractivity contribution in [1.82, 2.24) is 0 Å². The largest absolute Gasteiger partial charge is 0.488 e. The summed E-state index contributed by atoms with van der Waals surface area (Å²) in [4.78, 5) is 2.59. The molecule has 29 heavy (non-hydrogen) atoms. The second-order valence-corrected chi connectivity index (χ2v) is 9.48. The number of benzene rings is 4. The van der Waals surface area contributed by atoms with Crippen LogP contribution in [-0.2, 0) is 6.61 Å². The zero-order chi connectivity index (χ0) is 20.2. The quantitative estimate of drug-likeness (QED) is 0.185. The maximum atomic E-state index is 6.33. The van der Waals surface area contributed by atoms with Crippen LogP contribution >= 0.6 is 46.1 Å². The zero-order valence-electron chi connectivity index (χ0n) is 16.3. The fourth-order valence-electron chi connectivity index (χ4n) is 3.44. The lowest BCUT2D eigenvalue weighted by molar-refractivity contribution is 0.310. The maximum absolute atomic E-state index is 6.33. The van der Waals surface area contributed by atoms with E-state index in [2.05, 4.69) is 108 Å². The lowest BCUT2D eigenvalue weighted by Gasteiger charge is -2.17. The van der Waals surface area contributed by atoms with E-state index in [9.17, 15) is 0 Å². The molecule has 0 heterocycles. The van der Waals surface area contributed by atoms with E-state index in [1.807, 2.05) is 6.07 Å². The highest BCUT2D eigenvalue weighted by Gasteiger charge is 2.16. The molecule has 146 valence electrons. The number of halogens is 1. The van der Waals surface area contributed by atoms with Crippen LogP contribution in [0.4, 0.5) is 0 Å². The van der Waals surface area contributed by atoms with Crippen molar-refractivity contribution in [3.63, 3.8) is 0 Å². The summed E-state index contributed by atoms with van der Waals surface area (Å²) in [6.45, 7) is 0.565. The van der Waals surface area contributed by atoms with Crippen molar-refractivity contribution in [3.8, 4) is 16.9 Å². The molecule has 0 amide bonds. The molecular formula is C25H21IOS2. The Balaban J connectivity index is 1.90. The predicted molar refractivity (Wildman–Crippen MR) is 136 cm³/mol. The van der Waals surface area contributed by atoms with E-state index in [0.29, 0.717) is 6.61 Å². The summed E-state index contributed by atoms with van der Waals surface area (Å²) in [5, 5.41) is 2.41. The van der Waals surface area contributed by atoms with Crippen molar-refractivity contribution in [1.29, 1.82) is 0 Å². The molecule has 0 radical (unpaired) electrons. The summed E-state index contributed by atoms with van der Waals surface area (Å²) in [5.41, 5.74) is 3.69. The Kier molecular flexibility index (Phi) is 6.73. The molecule has 4 heteroatoms. The van der Waals surface area contributed by atoms with Crippen molar-refractivity contribution >= 4 is 56.9 Å². The fraction of sp³-hybridized carbons (Fsp3) is 0.120. The van der Waals surface area contributed by atoms with Crippen LogP contribution in [0.2, 0.25) is 0 Å². The van der Waals surface area contributed by atoms with Crippen molar-refractivity contribution in [3.05, 3.63) is 88.0 Å². The molecule has 0 aliphatic carbocycles. The molecule has 1 nitrogen and oxygen atoms in total. The molecule has 0 bridgehead atoms. The van der Waals surface area contributed by atoms with Gasteiger partial charge in [0.05, 0.1) is 0 Å². The molecule has 4 aromatic rings. The summed E-state index contributed by atoms with van der Waals surface area (Å²) in [5.74, 6) is 0.941. The number of hydrogen-bond donors (Lipinski definition) is 0. The molecule has 0 aliphatic heterocycles. The second-order valence-electron chi connectivity index (χ2n) is 6.62. The fourth-order valence-corrected chi connectivity index (χ4v) is 5.81. The number of fused-ring (bicyclic) bond motifs is 1. The van der Waals surface area contributed by atoms with Crippen molar-refractivity contribution in [2.45, 2.75) is 16.4 Å². The molecule has 0 fully saturated rings. The van der Waals surface area contributed by atoms with E-state index in [0.717, 1.165) is 5.75 Å². The van der Waals surface area contributed by atoms with E-state index < -0.39 is 0 Å². The molecule has 0 atom stereocenters. The minimum absolute atomic E-state index is 0.565. The lowest BCUT2D eigenvalue weighted by atomic mass is 9.97. The van der Waals surface area contributed by atoms with Crippen LogP contribution in [0.5, 0.6) is 5.75 Å². The molecule has 0 spiro atoms. The summed E-state index contributed by atoms with van der Waals surface area (Å²) >= 11 is 6.02. The van der Waals surface area contributed by atoms with Gasteiger partial charge in [0.15, 0.2) is 0 Å². The van der Waals surface area contributed by atoms with Crippen LogP contribution in [-0.4, -0.2) is 12.5 Å². The molecule has 4 aromatic carbocycles. The number of hydrogen-bond acceptors (Lipinski definition) is 3. The minimum Gasteiger partial charge on any atom is -0.488 e. The average Bonchev–Trinajstić information content (AvgIpc) is 2.77. The Morgan fingerprint density at radius 3 is 1.97 bits per heavy atom. The van der Waals surface area contributed by atoms with E-state index in [4.69, 9.17) is 4.74 Å². The second kappa shape index (κ2) is 9.45. The van der Waals surface area contributed by atoms with Gasteiger partial charge in [0, 0.05) is 24.3 Å². The first-order chi connectivity index (χ1) is 14.2. The first-order valence-corrected chi connectivity index (χ1v) is 12.8. The standard InChI is InChI=1S/C25H21IOS2/c1-28-23-13-19-20(14-24(23)29-2)25(18-11-7-4-8-12-18)21(26)15-22(19)27-16-17-9-5-3-6-10-17/h3-15H,16H2,1-2H3. The SMILES string of the molecule is CSc1cc2c(OCc3ccccc3)cc(I)c(-c3ccccc3)c2cc1SC. The van der Waals surface area contributed by atoms with Crippen molar-refractivity contribution in [2.75, 3.05) is 12.5 Å². The monoisotopic (exact) mass is 528 g/mol. The van der Waals surface area contributed by atoms with Crippen molar-refractivity contribution in [2.24, 2.45) is 0 Å². The van der Waals surface area contributed by atoms with Crippen LogP contribution in [0.15, 0.2) is 88.7 Å². The van der Waals surface area contributed by atoms with Gasteiger partial charge in [-0.25, -0.2) is 0 Å². The van der Waals surface area contributed by atoms with E-state index in [-0.39, 0.29) is 0 Å². The Morgan fingerprint density at radius 2 is 1.34 bits per heavy atom. The molecule has 0 aliphatic rings. The van der Waals surface area contributed by atoms with Gasteiger partial charge in [-0.15, -0.1) is 23.5 Å². The van der Waals surface area contributed by atoms with Gasteiger partial charge in [0.2, 0.25) is 0 Å². The Labute approximate surface area is 194 Å². The Hall–Kier alpha value is -1.63. The van der Waals surface area contributed by atoms with E-state index in [1.165, 1.54) is 40.8 Å². The predicted octanol–water partition coefficient (Wildman–Crippen LogP) is 8.13. The summed E-state index contributed by atoms with van der Waals surface area (Å²) in [6.07, 6.45) is 4.28. The maximum Gasteiger partial charge on any atom is 0.128 e. The lowest BCUT2D eigenvalue weighted by Crippen LogP contribution is -1.98. The summed E-state index contributed by atoms with van der Waals surface area (Å²) in [6, 6.07) is 27.8. The van der Waals surface area contributed by atoms with Crippen LogP contribution in [0.25, 0.3) is 21.9 Å². The van der Waals surface area contributed by atoms with Crippen LogP contribution in [0.1, 0.15) is 5.56 Å². The summed E-state index contributed by atoms with van der Waals surface area (Å²) < 4.78 is 7.53. The first-order valence-electron chi connectivity index (χ1n) is 9.31. The summed E-state index contributed by atoms with van der Waals surface area (Å²) in [7, 11) is 0. The van der Waals surface area contributed by atoms with Gasteiger partial charge in [0.25, 0.3) is 0 Å². The third kappa shape index (κ3) is 4.44. The molecule has 0 unspecified atom stereocenters. The highest BCUT2D eigenvalue weighted by molar-refractivity contribution is 14.1. The number of thioether (sulfide) groups is 2. The molecule has 0 N–H and O–H groups in total. The highest BCUT2D eigenvalue weighted by Crippen LogP contribution is 2.43. The van der Waals surface area contributed by atoms with Crippen molar-refractivity contribution < 1.29 is 4.74 Å². The van der Waals surface area contributed by atoms with Crippen LogP contribution in [0.3, 0.4) is 0 Å². The normalized spacial score (nSPS) is 11.0. The zero-order valence-corrected chi connectivity index (χ0v) is 20.1. The van der Waals surface area contributed by atoms with Gasteiger partial charge in [-0.05, 0) is 69.8 Å². The Morgan fingerprint density at radius 1 is 0.759 bits per heavy atom. The van der Waals surface area contributed by atoms with E-state index >= 15 is 0 Å². The van der Waals surface area contributed by atoms with Gasteiger partial charge >= 0.3 is 0 Å². The molecular weight excluding hydrogens is 507 g/mol. The molecule has 0 aromatic heterocycles. The van der Waals surface area contributed by atoms with Gasteiger partial charge in [0.1, 0.15) is 12.4 Å². The van der Waals surface area contributed by atoms with Gasteiger partial charge in [-0.2, -0.15) is 0 Å². The topological polar surface area (TPSA) is 9.23 Å². The van der Waals surface area contributed by atoms with Crippen LogP contribution < -0.4 is 4.74 Å². The van der Waals surface area contributed by atoms with Crippen LogP contribution in [0, 0.1) is 3.57 Å². The van der Waals surface area contributed by atoms with Gasteiger partial charge in [-0.3, -0.25) is 0 Å². The highest BCUT2D eigenvalue weighted by atomic mass is 127. The number of ether oxygens (including phenoxy) is 1.